The van der Waals surface area contributed by atoms with E-state index >= 15 is 0 Å². The van der Waals surface area contributed by atoms with Crippen molar-refractivity contribution < 1.29 is 9.13 Å². The molecule has 0 radical (unpaired) electrons. The van der Waals surface area contributed by atoms with Gasteiger partial charge < -0.3 is 14.5 Å². The minimum atomic E-state index is -0.481. The molecule has 0 bridgehead atoms. The Balaban J connectivity index is 0.00000117. The van der Waals surface area contributed by atoms with Crippen molar-refractivity contribution in [1.29, 1.82) is 0 Å². The third kappa shape index (κ3) is 5.32. The van der Waals surface area contributed by atoms with Gasteiger partial charge in [0.05, 0.1) is 19.3 Å². The average Bonchev–Trinajstić information content (AvgIpc) is 2.71. The normalized spacial score (nSPS) is 16.8. The Morgan fingerprint density at radius 3 is 2.62 bits per heavy atom. The van der Waals surface area contributed by atoms with Crippen LogP contribution in [0.4, 0.5) is 16.2 Å². The number of aromatic nitrogens is 4. The predicted octanol–water partition coefficient (Wildman–Crippen LogP) is 2.28. The van der Waals surface area contributed by atoms with E-state index < -0.39 is 6.67 Å². The summed E-state index contributed by atoms with van der Waals surface area (Å²) < 4.78 is 17.8. The monoisotopic (exact) mass is 362 g/mol. The lowest BCUT2D eigenvalue weighted by Gasteiger charge is -2.41. The summed E-state index contributed by atoms with van der Waals surface area (Å²) in [6.07, 6.45) is 6.88. The van der Waals surface area contributed by atoms with Crippen molar-refractivity contribution in [2.75, 3.05) is 49.3 Å². The van der Waals surface area contributed by atoms with Gasteiger partial charge in [-0.2, -0.15) is 0 Å². The third-order valence-corrected chi connectivity index (χ3v) is 3.93. The molecule has 7 nitrogen and oxygen atoms in total. The number of piperazine rings is 1. The molecule has 0 spiro atoms. The van der Waals surface area contributed by atoms with E-state index in [0.29, 0.717) is 19.1 Å². The number of hydrogen-bond donors (Lipinski definition) is 0. The second-order valence-electron chi connectivity index (χ2n) is 5.69. The maximum Gasteiger partial charge on any atom is 0.225 e. The molecular weight excluding hydrogens is 335 g/mol. The van der Waals surface area contributed by atoms with Crippen molar-refractivity contribution in [3.05, 3.63) is 36.5 Å². The summed E-state index contributed by atoms with van der Waals surface area (Å²) in [5.74, 6) is 1.56. The van der Waals surface area contributed by atoms with Gasteiger partial charge in [-0.15, -0.1) is 0 Å². The fraction of sp³-hybridized carbons (Fsp3) is 0.556. The fourth-order valence-corrected chi connectivity index (χ4v) is 2.76. The molecule has 142 valence electrons. The van der Waals surface area contributed by atoms with E-state index in [1.807, 2.05) is 39.2 Å². The van der Waals surface area contributed by atoms with Crippen molar-refractivity contribution in [3.8, 4) is 0 Å². The van der Waals surface area contributed by atoms with E-state index in [1.165, 1.54) is 6.33 Å². The first kappa shape index (κ1) is 20.0. The largest absolute Gasteiger partial charge is 0.377 e. The van der Waals surface area contributed by atoms with Crippen molar-refractivity contribution in [3.63, 3.8) is 0 Å². The van der Waals surface area contributed by atoms with Crippen molar-refractivity contribution in [2.45, 2.75) is 26.8 Å². The van der Waals surface area contributed by atoms with Crippen LogP contribution < -0.4 is 9.80 Å². The SMILES string of the molecule is CC.Cc1cnc(N2CCN(c3ccncn3)C(COCCF)C2)nc1. The molecule has 0 N–H and O–H groups in total. The molecule has 0 aliphatic carbocycles. The molecule has 3 heterocycles. The van der Waals surface area contributed by atoms with Gasteiger partial charge in [-0.3, -0.25) is 0 Å². The smallest absolute Gasteiger partial charge is 0.225 e. The first-order chi connectivity index (χ1) is 12.8. The standard InChI is InChI=1S/C16H21FN6O.C2H6/c1-13-8-19-16(20-9-13)22-5-6-23(15-2-4-18-12-21-15)14(10-22)11-24-7-3-17;1-2/h2,4,8-9,12,14H,3,5-7,10-11H2,1H3;1-2H3. The van der Waals surface area contributed by atoms with Crippen molar-refractivity contribution in [1.82, 2.24) is 19.9 Å². The molecule has 1 aliphatic rings. The summed E-state index contributed by atoms with van der Waals surface area (Å²) in [6.45, 7) is 8.25. The number of rotatable bonds is 6. The number of halogens is 1. The number of nitrogens with zero attached hydrogens (tertiary/aromatic N) is 6. The molecule has 8 heteroatoms. The molecular formula is C18H27FN6O. The zero-order valence-corrected chi connectivity index (χ0v) is 15.7. The molecule has 1 aliphatic heterocycles. The Kier molecular flexibility index (Phi) is 8.14. The minimum Gasteiger partial charge on any atom is -0.377 e. The number of anilines is 2. The van der Waals surface area contributed by atoms with E-state index in [1.54, 1.807) is 6.20 Å². The third-order valence-electron chi connectivity index (χ3n) is 3.93. The molecule has 3 rings (SSSR count). The molecule has 1 fully saturated rings. The van der Waals surface area contributed by atoms with Gasteiger partial charge in [-0.1, -0.05) is 13.8 Å². The maximum absolute atomic E-state index is 12.4. The lowest BCUT2D eigenvalue weighted by Crippen LogP contribution is -2.56. The van der Waals surface area contributed by atoms with Crippen LogP contribution in [0.25, 0.3) is 0 Å². The van der Waals surface area contributed by atoms with Crippen LogP contribution in [0.5, 0.6) is 0 Å². The topological polar surface area (TPSA) is 67.3 Å². The van der Waals surface area contributed by atoms with Crippen LogP contribution in [0.1, 0.15) is 19.4 Å². The van der Waals surface area contributed by atoms with Crippen LogP contribution in [0.15, 0.2) is 31.0 Å². The van der Waals surface area contributed by atoms with Crippen LogP contribution in [-0.4, -0.2) is 65.5 Å². The summed E-state index contributed by atoms with van der Waals surface area (Å²) in [4.78, 5) is 21.4. The van der Waals surface area contributed by atoms with Crippen LogP contribution >= 0.6 is 0 Å². The number of aryl methyl sites for hydroxylation is 1. The van der Waals surface area contributed by atoms with Gasteiger partial charge in [0.15, 0.2) is 0 Å². The van der Waals surface area contributed by atoms with E-state index in [9.17, 15) is 4.39 Å². The number of hydrogen-bond acceptors (Lipinski definition) is 7. The highest BCUT2D eigenvalue weighted by Crippen LogP contribution is 2.20. The van der Waals surface area contributed by atoms with E-state index in [2.05, 4.69) is 29.7 Å². The van der Waals surface area contributed by atoms with Gasteiger partial charge >= 0.3 is 0 Å². The highest BCUT2D eigenvalue weighted by molar-refractivity contribution is 5.43. The summed E-state index contributed by atoms with van der Waals surface area (Å²) in [5, 5.41) is 0. The number of ether oxygens (including phenoxy) is 1. The summed E-state index contributed by atoms with van der Waals surface area (Å²) in [6, 6.07) is 1.92. The van der Waals surface area contributed by atoms with Crippen LogP contribution in [0, 0.1) is 6.92 Å². The van der Waals surface area contributed by atoms with E-state index in [0.717, 1.165) is 24.5 Å². The van der Waals surface area contributed by atoms with Gasteiger partial charge in [0.2, 0.25) is 5.95 Å². The van der Waals surface area contributed by atoms with E-state index in [-0.39, 0.29) is 12.6 Å². The van der Waals surface area contributed by atoms with E-state index in [4.69, 9.17) is 4.74 Å². The van der Waals surface area contributed by atoms with Gasteiger partial charge in [0, 0.05) is 38.2 Å². The molecule has 0 aromatic carbocycles. The maximum atomic E-state index is 12.4. The predicted molar refractivity (Wildman–Crippen MR) is 100 cm³/mol. The summed E-state index contributed by atoms with van der Waals surface area (Å²) in [7, 11) is 0. The Morgan fingerprint density at radius 1 is 1.19 bits per heavy atom. The first-order valence-corrected chi connectivity index (χ1v) is 8.98. The highest BCUT2D eigenvalue weighted by atomic mass is 19.1. The Hall–Kier alpha value is -2.35. The zero-order valence-electron chi connectivity index (χ0n) is 15.7. The second-order valence-corrected chi connectivity index (χ2v) is 5.69. The van der Waals surface area contributed by atoms with Crippen LogP contribution in [-0.2, 0) is 4.74 Å². The van der Waals surface area contributed by atoms with Gasteiger partial charge in [-0.25, -0.2) is 24.3 Å². The molecule has 2 aromatic heterocycles. The van der Waals surface area contributed by atoms with Gasteiger partial charge in [0.25, 0.3) is 0 Å². The molecule has 1 atom stereocenters. The average molecular weight is 362 g/mol. The lowest BCUT2D eigenvalue weighted by atomic mass is 10.1. The molecule has 0 saturated carbocycles. The van der Waals surface area contributed by atoms with Crippen molar-refractivity contribution in [2.24, 2.45) is 0 Å². The minimum absolute atomic E-state index is 0.0464. The molecule has 26 heavy (non-hydrogen) atoms. The lowest BCUT2D eigenvalue weighted by molar-refractivity contribution is 0.104. The molecule has 1 unspecified atom stereocenters. The molecule has 2 aromatic rings. The number of alkyl halides is 1. The Morgan fingerprint density at radius 2 is 1.96 bits per heavy atom. The Bertz CT molecular complexity index is 627. The van der Waals surface area contributed by atoms with Crippen molar-refractivity contribution >= 4 is 11.8 Å². The summed E-state index contributed by atoms with van der Waals surface area (Å²) in [5.41, 5.74) is 1.03. The quantitative estimate of drug-likeness (QED) is 0.730. The molecule has 1 saturated heterocycles. The highest BCUT2D eigenvalue weighted by Gasteiger charge is 2.29. The van der Waals surface area contributed by atoms with Crippen LogP contribution in [0.3, 0.4) is 0 Å². The first-order valence-electron chi connectivity index (χ1n) is 8.98. The van der Waals surface area contributed by atoms with Gasteiger partial charge in [0.1, 0.15) is 18.8 Å². The zero-order chi connectivity index (χ0) is 18.8. The summed E-state index contributed by atoms with van der Waals surface area (Å²) >= 11 is 0. The second kappa shape index (κ2) is 10.6. The van der Waals surface area contributed by atoms with Crippen LogP contribution in [0.2, 0.25) is 0 Å². The van der Waals surface area contributed by atoms with Gasteiger partial charge in [-0.05, 0) is 18.6 Å². The molecule has 0 amide bonds. The Labute approximate surface area is 154 Å². The fourth-order valence-electron chi connectivity index (χ4n) is 2.76.